The fraction of sp³-hybridized carbons (Fsp3) is 0.500. The van der Waals surface area contributed by atoms with Gasteiger partial charge in [0, 0.05) is 37.3 Å². The fourth-order valence-corrected chi connectivity index (χ4v) is 2.12. The van der Waals surface area contributed by atoms with E-state index in [2.05, 4.69) is 10.3 Å². The summed E-state index contributed by atoms with van der Waals surface area (Å²) in [5.74, 6) is -0.515. The summed E-state index contributed by atoms with van der Waals surface area (Å²) in [6, 6.07) is 2.78. The second kappa shape index (κ2) is 4.81. The first kappa shape index (κ1) is 12.6. The highest BCUT2D eigenvalue weighted by Gasteiger charge is 2.27. The second-order valence-electron chi connectivity index (χ2n) is 4.73. The first-order chi connectivity index (χ1) is 8.47. The number of nitrogens with zero attached hydrogens (tertiary/aromatic N) is 1. The highest BCUT2D eigenvalue weighted by molar-refractivity contribution is 5.94. The lowest BCUT2D eigenvalue weighted by molar-refractivity contribution is 0.0615. The van der Waals surface area contributed by atoms with Gasteiger partial charge in [0.05, 0.1) is 5.56 Å². The number of amides is 1. The molecule has 1 aromatic heterocycles. The Hall–Kier alpha value is -1.82. The van der Waals surface area contributed by atoms with E-state index in [9.17, 15) is 14.7 Å². The molecule has 0 aliphatic carbocycles. The Morgan fingerprint density at radius 3 is 2.83 bits per heavy atom. The summed E-state index contributed by atoms with van der Waals surface area (Å²) in [5.41, 5.74) is -0.258. The van der Waals surface area contributed by atoms with E-state index >= 15 is 0 Å². The monoisotopic (exact) mass is 251 g/mol. The van der Waals surface area contributed by atoms with Crippen LogP contribution in [0.2, 0.25) is 0 Å². The Bertz CT molecular complexity index is 512. The van der Waals surface area contributed by atoms with Crippen LogP contribution in [0, 0.1) is 0 Å². The van der Waals surface area contributed by atoms with E-state index in [4.69, 9.17) is 0 Å². The number of pyridine rings is 1. The third-order valence-corrected chi connectivity index (χ3v) is 3.10. The Labute approximate surface area is 105 Å². The van der Waals surface area contributed by atoms with Crippen LogP contribution in [0.3, 0.4) is 0 Å². The van der Waals surface area contributed by atoms with Crippen molar-refractivity contribution in [2.24, 2.45) is 0 Å². The molecule has 2 atom stereocenters. The molecule has 98 valence electrons. The molecule has 1 aliphatic rings. The molecule has 0 bridgehead atoms. The lowest BCUT2D eigenvalue weighted by atomic mass is 10.1. The SMILES string of the molecule is CC1CN(C(=O)c2cc(O)[nH]c(=O)c2)C(C)CN1. The van der Waals surface area contributed by atoms with E-state index in [1.165, 1.54) is 12.1 Å². The van der Waals surface area contributed by atoms with Gasteiger partial charge in [-0.1, -0.05) is 0 Å². The van der Waals surface area contributed by atoms with Gasteiger partial charge < -0.3 is 15.3 Å². The van der Waals surface area contributed by atoms with Gasteiger partial charge in [0.15, 0.2) is 5.88 Å². The number of rotatable bonds is 1. The molecule has 1 saturated heterocycles. The van der Waals surface area contributed by atoms with Crippen molar-refractivity contribution >= 4 is 5.91 Å². The number of carbonyl (C=O) groups is 1. The number of H-pyrrole nitrogens is 1. The number of hydrogen-bond acceptors (Lipinski definition) is 4. The quantitative estimate of drug-likeness (QED) is 0.651. The molecule has 0 aromatic carbocycles. The maximum atomic E-state index is 12.3. The summed E-state index contributed by atoms with van der Waals surface area (Å²) in [5, 5.41) is 12.6. The van der Waals surface area contributed by atoms with Gasteiger partial charge in [-0.05, 0) is 13.8 Å². The summed E-state index contributed by atoms with van der Waals surface area (Å²) in [7, 11) is 0. The first-order valence-corrected chi connectivity index (χ1v) is 5.95. The van der Waals surface area contributed by atoms with Crippen molar-refractivity contribution in [1.29, 1.82) is 0 Å². The van der Waals surface area contributed by atoms with Crippen LogP contribution in [0.15, 0.2) is 16.9 Å². The van der Waals surface area contributed by atoms with Crippen molar-refractivity contribution in [2.75, 3.05) is 13.1 Å². The molecule has 1 aromatic rings. The second-order valence-corrected chi connectivity index (χ2v) is 4.73. The minimum Gasteiger partial charge on any atom is -0.494 e. The largest absolute Gasteiger partial charge is 0.494 e. The minimum atomic E-state index is -0.478. The lowest BCUT2D eigenvalue weighted by Gasteiger charge is -2.37. The maximum absolute atomic E-state index is 12.3. The molecule has 2 rings (SSSR count). The highest BCUT2D eigenvalue weighted by atomic mass is 16.3. The molecule has 2 heterocycles. The third kappa shape index (κ3) is 2.53. The topological polar surface area (TPSA) is 85.4 Å². The molecule has 1 aliphatic heterocycles. The van der Waals surface area contributed by atoms with Gasteiger partial charge >= 0.3 is 0 Å². The van der Waals surface area contributed by atoms with Gasteiger partial charge in [-0.15, -0.1) is 0 Å². The predicted molar refractivity (Wildman–Crippen MR) is 66.7 cm³/mol. The number of nitrogens with one attached hydrogen (secondary N) is 2. The number of aromatic amines is 1. The zero-order chi connectivity index (χ0) is 13.3. The Morgan fingerprint density at radius 1 is 1.44 bits per heavy atom. The lowest BCUT2D eigenvalue weighted by Crippen LogP contribution is -2.56. The minimum absolute atomic E-state index is 0.0649. The van der Waals surface area contributed by atoms with Crippen LogP contribution in [0.25, 0.3) is 0 Å². The van der Waals surface area contributed by atoms with Gasteiger partial charge in [-0.25, -0.2) is 0 Å². The third-order valence-electron chi connectivity index (χ3n) is 3.10. The molecule has 2 unspecified atom stereocenters. The van der Waals surface area contributed by atoms with Crippen molar-refractivity contribution in [3.05, 3.63) is 28.0 Å². The Kier molecular flexibility index (Phi) is 3.38. The van der Waals surface area contributed by atoms with Gasteiger partial charge in [0.2, 0.25) is 0 Å². The molecule has 1 fully saturated rings. The molecular formula is C12H17N3O3. The number of piperazine rings is 1. The van der Waals surface area contributed by atoms with Crippen LogP contribution in [-0.2, 0) is 0 Å². The van der Waals surface area contributed by atoms with Crippen molar-refractivity contribution in [1.82, 2.24) is 15.2 Å². The van der Waals surface area contributed by atoms with Gasteiger partial charge in [0.25, 0.3) is 11.5 Å². The van der Waals surface area contributed by atoms with Crippen LogP contribution in [-0.4, -0.2) is 46.1 Å². The normalized spacial score (nSPS) is 24.0. The molecule has 0 saturated carbocycles. The molecule has 0 radical (unpaired) electrons. The van der Waals surface area contributed by atoms with Crippen molar-refractivity contribution in [3.8, 4) is 5.88 Å². The number of carbonyl (C=O) groups excluding carboxylic acids is 1. The summed E-state index contributed by atoms with van der Waals surface area (Å²) in [4.78, 5) is 27.5. The molecule has 0 spiro atoms. The summed E-state index contributed by atoms with van der Waals surface area (Å²) in [6.07, 6.45) is 0. The molecule has 6 heteroatoms. The van der Waals surface area contributed by atoms with Gasteiger partial charge in [-0.2, -0.15) is 0 Å². The van der Waals surface area contributed by atoms with E-state index in [1.807, 2.05) is 13.8 Å². The number of hydrogen-bond donors (Lipinski definition) is 3. The van der Waals surface area contributed by atoms with Crippen LogP contribution in [0.5, 0.6) is 5.88 Å². The Morgan fingerprint density at radius 2 is 2.17 bits per heavy atom. The molecule has 18 heavy (non-hydrogen) atoms. The average molecular weight is 251 g/mol. The molecule has 1 amide bonds. The van der Waals surface area contributed by atoms with Crippen LogP contribution in [0.4, 0.5) is 0 Å². The Balaban J connectivity index is 2.27. The summed E-state index contributed by atoms with van der Waals surface area (Å²) >= 11 is 0. The number of aromatic hydroxyl groups is 1. The van der Waals surface area contributed by atoms with E-state index in [0.717, 1.165) is 6.54 Å². The highest BCUT2D eigenvalue weighted by Crippen LogP contribution is 2.13. The number of aromatic nitrogens is 1. The molecule has 6 nitrogen and oxygen atoms in total. The van der Waals surface area contributed by atoms with Gasteiger partial charge in [0.1, 0.15) is 0 Å². The van der Waals surface area contributed by atoms with Crippen LogP contribution in [0.1, 0.15) is 24.2 Å². The predicted octanol–water partition coefficient (Wildman–Crippen LogP) is -0.0971. The smallest absolute Gasteiger partial charge is 0.254 e. The zero-order valence-corrected chi connectivity index (χ0v) is 10.4. The zero-order valence-electron chi connectivity index (χ0n) is 10.4. The van der Waals surface area contributed by atoms with E-state index < -0.39 is 5.56 Å². The maximum Gasteiger partial charge on any atom is 0.254 e. The van der Waals surface area contributed by atoms with Crippen LogP contribution < -0.4 is 10.9 Å². The van der Waals surface area contributed by atoms with E-state index in [-0.39, 0.29) is 29.4 Å². The first-order valence-electron chi connectivity index (χ1n) is 5.95. The van der Waals surface area contributed by atoms with Crippen molar-refractivity contribution in [2.45, 2.75) is 25.9 Å². The average Bonchev–Trinajstić information content (AvgIpc) is 2.30. The summed E-state index contributed by atoms with van der Waals surface area (Å²) < 4.78 is 0. The fourth-order valence-electron chi connectivity index (χ4n) is 2.12. The van der Waals surface area contributed by atoms with Crippen LogP contribution >= 0.6 is 0 Å². The van der Waals surface area contributed by atoms with Crippen molar-refractivity contribution in [3.63, 3.8) is 0 Å². The van der Waals surface area contributed by atoms with Gasteiger partial charge in [-0.3, -0.25) is 14.6 Å². The molecular weight excluding hydrogens is 234 g/mol. The molecule has 3 N–H and O–H groups in total. The van der Waals surface area contributed by atoms with E-state index in [0.29, 0.717) is 6.54 Å². The van der Waals surface area contributed by atoms with Crippen molar-refractivity contribution < 1.29 is 9.90 Å². The standard InChI is InChI=1S/C12H17N3O3/c1-7-6-15(8(2)5-13-7)12(18)9-3-10(16)14-11(17)4-9/h3-4,7-8,13H,5-6H2,1-2H3,(H2,14,16,17). The summed E-state index contributed by atoms with van der Waals surface area (Å²) in [6.45, 7) is 5.26. The van der Waals surface area contributed by atoms with E-state index in [1.54, 1.807) is 4.90 Å².